The Morgan fingerprint density at radius 2 is 1.62 bits per heavy atom. The number of sulfonamides is 1. The molecule has 2 aromatic rings. The maximum atomic E-state index is 12.6. The summed E-state index contributed by atoms with van der Waals surface area (Å²) in [6.07, 6.45) is -4.51. The van der Waals surface area contributed by atoms with Crippen LogP contribution in [-0.2, 0) is 16.2 Å². The molecule has 0 aromatic heterocycles. The molecule has 0 saturated heterocycles. The van der Waals surface area contributed by atoms with Crippen LogP contribution in [0.25, 0.3) is 0 Å². The highest BCUT2D eigenvalue weighted by Crippen LogP contribution is 2.30. The van der Waals surface area contributed by atoms with Gasteiger partial charge in [0.05, 0.1) is 17.6 Å². The third kappa shape index (κ3) is 4.07. The molecule has 1 unspecified atom stereocenters. The molecule has 0 bridgehead atoms. The Morgan fingerprint density at radius 1 is 1.04 bits per heavy atom. The zero-order chi connectivity index (χ0) is 18.0. The van der Waals surface area contributed by atoms with Gasteiger partial charge >= 0.3 is 6.18 Å². The molecule has 0 heterocycles. The Hall–Kier alpha value is -2.06. The zero-order valence-electron chi connectivity index (χ0n) is 13.0. The van der Waals surface area contributed by atoms with E-state index in [1.54, 1.807) is 31.2 Å². The molecule has 0 amide bonds. The van der Waals surface area contributed by atoms with E-state index in [1.165, 1.54) is 7.11 Å². The molecule has 0 saturated carbocycles. The first kappa shape index (κ1) is 18.3. The van der Waals surface area contributed by atoms with E-state index in [2.05, 4.69) is 4.72 Å². The summed E-state index contributed by atoms with van der Waals surface area (Å²) in [6.45, 7) is 1.62. The maximum absolute atomic E-state index is 12.6. The molecule has 8 heteroatoms. The van der Waals surface area contributed by atoms with Crippen molar-refractivity contribution in [2.24, 2.45) is 0 Å². The van der Waals surface area contributed by atoms with E-state index in [4.69, 9.17) is 4.74 Å². The molecule has 0 aliphatic carbocycles. The number of hydrogen-bond acceptors (Lipinski definition) is 3. The first-order chi connectivity index (χ1) is 11.1. The van der Waals surface area contributed by atoms with Gasteiger partial charge in [-0.15, -0.1) is 0 Å². The lowest BCUT2D eigenvalue weighted by Crippen LogP contribution is -2.27. The summed E-state index contributed by atoms with van der Waals surface area (Å²) in [5.74, 6) is 0.514. The number of para-hydroxylation sites is 1. The van der Waals surface area contributed by atoms with Crippen molar-refractivity contribution in [2.75, 3.05) is 7.11 Å². The lowest BCUT2D eigenvalue weighted by Gasteiger charge is -2.17. The summed E-state index contributed by atoms with van der Waals surface area (Å²) in [7, 11) is -2.50. The molecule has 1 N–H and O–H groups in total. The highest BCUT2D eigenvalue weighted by atomic mass is 32.2. The lowest BCUT2D eigenvalue weighted by molar-refractivity contribution is -0.137. The third-order valence-electron chi connectivity index (χ3n) is 3.43. The summed E-state index contributed by atoms with van der Waals surface area (Å²) in [6, 6.07) is 9.61. The number of alkyl halides is 3. The van der Waals surface area contributed by atoms with Gasteiger partial charge in [0.1, 0.15) is 5.75 Å². The van der Waals surface area contributed by atoms with Gasteiger partial charge in [-0.05, 0) is 37.3 Å². The fourth-order valence-electron chi connectivity index (χ4n) is 2.21. The van der Waals surface area contributed by atoms with Crippen LogP contribution in [0.4, 0.5) is 13.2 Å². The highest BCUT2D eigenvalue weighted by Gasteiger charge is 2.30. The second kappa shape index (κ2) is 6.82. The van der Waals surface area contributed by atoms with E-state index in [0.29, 0.717) is 11.3 Å². The molecule has 0 aliphatic rings. The second-order valence-electron chi connectivity index (χ2n) is 5.11. The molecule has 2 rings (SSSR count). The van der Waals surface area contributed by atoms with Gasteiger partial charge in [-0.3, -0.25) is 0 Å². The van der Waals surface area contributed by atoms with Crippen LogP contribution in [-0.4, -0.2) is 15.5 Å². The van der Waals surface area contributed by atoms with Gasteiger partial charge in [0.15, 0.2) is 0 Å². The summed E-state index contributed by atoms with van der Waals surface area (Å²) < 4.78 is 70.0. The van der Waals surface area contributed by atoms with Crippen LogP contribution >= 0.6 is 0 Å². The number of benzene rings is 2. The van der Waals surface area contributed by atoms with Crippen LogP contribution in [0, 0.1) is 0 Å². The molecule has 0 aliphatic heterocycles. The second-order valence-corrected chi connectivity index (χ2v) is 6.82. The van der Waals surface area contributed by atoms with Crippen molar-refractivity contribution >= 4 is 10.0 Å². The number of hydrogen-bond donors (Lipinski definition) is 1. The van der Waals surface area contributed by atoms with Crippen LogP contribution in [0.2, 0.25) is 0 Å². The molecular formula is C16H16F3NO3S. The summed E-state index contributed by atoms with van der Waals surface area (Å²) in [5.41, 5.74) is -0.283. The molecular weight excluding hydrogens is 343 g/mol. The maximum Gasteiger partial charge on any atom is 0.416 e. The zero-order valence-corrected chi connectivity index (χ0v) is 13.8. The summed E-state index contributed by atoms with van der Waals surface area (Å²) in [5, 5.41) is 0. The number of nitrogens with one attached hydrogen (secondary N) is 1. The van der Waals surface area contributed by atoms with E-state index < -0.39 is 27.8 Å². The average molecular weight is 359 g/mol. The van der Waals surface area contributed by atoms with E-state index in [-0.39, 0.29) is 4.90 Å². The fourth-order valence-corrected chi connectivity index (χ4v) is 3.43. The minimum atomic E-state index is -4.51. The Bertz CT molecular complexity index is 802. The molecule has 0 fully saturated rings. The SMILES string of the molecule is COc1ccccc1C(C)NS(=O)(=O)c1ccc(C(F)(F)F)cc1. The van der Waals surface area contributed by atoms with Crippen LogP contribution in [0.15, 0.2) is 53.4 Å². The highest BCUT2D eigenvalue weighted by molar-refractivity contribution is 7.89. The Kier molecular flexibility index (Phi) is 5.19. The number of methoxy groups -OCH3 is 1. The van der Waals surface area contributed by atoms with Crippen molar-refractivity contribution in [2.45, 2.75) is 24.0 Å². The number of rotatable bonds is 5. The van der Waals surface area contributed by atoms with Gasteiger partial charge in [-0.2, -0.15) is 13.2 Å². The van der Waals surface area contributed by atoms with Crippen LogP contribution in [0.1, 0.15) is 24.1 Å². The first-order valence-electron chi connectivity index (χ1n) is 6.97. The van der Waals surface area contributed by atoms with E-state index in [0.717, 1.165) is 24.3 Å². The smallest absolute Gasteiger partial charge is 0.416 e. The summed E-state index contributed by atoms with van der Waals surface area (Å²) in [4.78, 5) is -0.239. The molecule has 4 nitrogen and oxygen atoms in total. The minimum Gasteiger partial charge on any atom is -0.496 e. The largest absolute Gasteiger partial charge is 0.496 e. The van der Waals surface area contributed by atoms with Gasteiger partial charge in [-0.1, -0.05) is 18.2 Å². The molecule has 0 radical (unpaired) electrons. The van der Waals surface area contributed by atoms with Crippen molar-refractivity contribution in [1.82, 2.24) is 4.72 Å². The van der Waals surface area contributed by atoms with Crippen LogP contribution in [0.5, 0.6) is 5.75 Å². The van der Waals surface area contributed by atoms with Gasteiger partial charge in [0.2, 0.25) is 10.0 Å². The first-order valence-corrected chi connectivity index (χ1v) is 8.46. The Balaban J connectivity index is 2.25. The number of halogens is 3. The van der Waals surface area contributed by atoms with Crippen molar-refractivity contribution in [3.63, 3.8) is 0 Å². The van der Waals surface area contributed by atoms with Crippen LogP contribution in [0.3, 0.4) is 0 Å². The third-order valence-corrected chi connectivity index (χ3v) is 4.99. The van der Waals surface area contributed by atoms with Crippen LogP contribution < -0.4 is 9.46 Å². The fraction of sp³-hybridized carbons (Fsp3) is 0.250. The minimum absolute atomic E-state index is 0.239. The molecule has 130 valence electrons. The Morgan fingerprint density at radius 3 is 2.17 bits per heavy atom. The average Bonchev–Trinajstić information content (AvgIpc) is 2.53. The Labute approximate surface area is 138 Å². The molecule has 2 aromatic carbocycles. The number of ether oxygens (including phenoxy) is 1. The monoisotopic (exact) mass is 359 g/mol. The van der Waals surface area contributed by atoms with Gasteiger partial charge in [-0.25, -0.2) is 13.1 Å². The van der Waals surface area contributed by atoms with Gasteiger partial charge in [0, 0.05) is 11.6 Å². The molecule has 0 spiro atoms. The lowest BCUT2D eigenvalue weighted by atomic mass is 10.1. The van der Waals surface area contributed by atoms with Crippen molar-refractivity contribution < 1.29 is 26.3 Å². The van der Waals surface area contributed by atoms with E-state index in [1.807, 2.05) is 0 Å². The molecule has 1 atom stereocenters. The standard InChI is InChI=1S/C16H16F3NO3S/c1-11(14-5-3-4-6-15(14)23-2)20-24(21,22)13-9-7-12(8-10-13)16(17,18)19/h3-11,20H,1-2H3. The topological polar surface area (TPSA) is 55.4 Å². The molecule has 24 heavy (non-hydrogen) atoms. The van der Waals surface area contributed by atoms with E-state index in [9.17, 15) is 21.6 Å². The van der Waals surface area contributed by atoms with E-state index >= 15 is 0 Å². The predicted octanol–water partition coefficient (Wildman–Crippen LogP) is 3.75. The van der Waals surface area contributed by atoms with Gasteiger partial charge < -0.3 is 4.74 Å². The van der Waals surface area contributed by atoms with Crippen molar-refractivity contribution in [3.8, 4) is 5.75 Å². The quantitative estimate of drug-likeness (QED) is 0.885. The van der Waals surface area contributed by atoms with Crippen molar-refractivity contribution in [1.29, 1.82) is 0 Å². The summed E-state index contributed by atoms with van der Waals surface area (Å²) >= 11 is 0. The van der Waals surface area contributed by atoms with Crippen molar-refractivity contribution in [3.05, 3.63) is 59.7 Å². The normalized spacial score (nSPS) is 13.5. The van der Waals surface area contributed by atoms with Gasteiger partial charge in [0.25, 0.3) is 0 Å². The predicted molar refractivity (Wildman–Crippen MR) is 83.2 cm³/mol.